The number of primary amides is 1. The van der Waals surface area contributed by atoms with E-state index in [0.29, 0.717) is 31.9 Å². The number of carbonyl (C=O) groups is 1. The fourth-order valence-corrected chi connectivity index (χ4v) is 3.44. The Morgan fingerprint density at radius 1 is 1.00 bits per heavy atom. The maximum Gasteiger partial charge on any atom is 0.251 e. The van der Waals surface area contributed by atoms with Crippen molar-refractivity contribution in [1.29, 1.82) is 0 Å². The van der Waals surface area contributed by atoms with Gasteiger partial charge in [0.25, 0.3) is 5.91 Å². The molecule has 4 rings (SSSR count). The van der Waals surface area contributed by atoms with Gasteiger partial charge >= 0.3 is 0 Å². The highest BCUT2D eigenvalue weighted by molar-refractivity contribution is 5.97. The number of rotatable bonds is 3. The zero-order valence-electron chi connectivity index (χ0n) is 14.2. The normalized spacial score (nSPS) is 14.6. The molecule has 0 aliphatic carbocycles. The zero-order chi connectivity index (χ0) is 18.1. The SMILES string of the molecule is NC(=O)c1ccc(N2CCOCC2)c(-c2ccc3ccccc3c2)c1F. The monoisotopic (exact) mass is 350 g/mol. The number of nitrogens with two attached hydrogens (primary N) is 1. The van der Waals surface area contributed by atoms with Crippen LogP contribution in [0.3, 0.4) is 0 Å². The number of halogens is 1. The first kappa shape index (κ1) is 16.5. The van der Waals surface area contributed by atoms with Crippen molar-refractivity contribution < 1.29 is 13.9 Å². The Kier molecular flexibility index (Phi) is 4.31. The van der Waals surface area contributed by atoms with Crippen LogP contribution in [0.15, 0.2) is 54.6 Å². The van der Waals surface area contributed by atoms with Crippen molar-refractivity contribution in [3.63, 3.8) is 0 Å². The van der Waals surface area contributed by atoms with Gasteiger partial charge in [0.2, 0.25) is 0 Å². The van der Waals surface area contributed by atoms with Gasteiger partial charge in [0.05, 0.1) is 18.8 Å². The van der Waals surface area contributed by atoms with Gasteiger partial charge in [0.15, 0.2) is 0 Å². The number of ether oxygens (including phenoxy) is 1. The lowest BCUT2D eigenvalue weighted by Gasteiger charge is -2.31. The lowest BCUT2D eigenvalue weighted by atomic mass is 9.96. The number of benzene rings is 3. The molecule has 0 bridgehead atoms. The molecule has 1 amide bonds. The second-order valence-electron chi connectivity index (χ2n) is 6.35. The lowest BCUT2D eigenvalue weighted by Crippen LogP contribution is -2.36. The summed E-state index contributed by atoms with van der Waals surface area (Å²) in [5, 5.41) is 2.09. The lowest BCUT2D eigenvalue weighted by molar-refractivity contribution is 0.0996. The van der Waals surface area contributed by atoms with E-state index in [0.717, 1.165) is 22.0 Å². The molecule has 1 heterocycles. The first-order chi connectivity index (χ1) is 12.6. The molecule has 0 unspecified atom stereocenters. The van der Waals surface area contributed by atoms with Crippen LogP contribution in [0, 0.1) is 5.82 Å². The molecular weight excluding hydrogens is 331 g/mol. The molecule has 5 heteroatoms. The topological polar surface area (TPSA) is 55.6 Å². The largest absolute Gasteiger partial charge is 0.378 e. The summed E-state index contributed by atoms with van der Waals surface area (Å²) in [4.78, 5) is 13.7. The fraction of sp³-hybridized carbons (Fsp3) is 0.190. The maximum atomic E-state index is 15.3. The second-order valence-corrected chi connectivity index (χ2v) is 6.35. The van der Waals surface area contributed by atoms with Gasteiger partial charge in [-0.25, -0.2) is 4.39 Å². The van der Waals surface area contributed by atoms with Gasteiger partial charge in [-0.1, -0.05) is 36.4 Å². The molecule has 3 aromatic rings. The highest BCUT2D eigenvalue weighted by atomic mass is 19.1. The molecule has 26 heavy (non-hydrogen) atoms. The second kappa shape index (κ2) is 6.77. The third-order valence-electron chi connectivity index (χ3n) is 4.78. The van der Waals surface area contributed by atoms with Gasteiger partial charge in [-0.2, -0.15) is 0 Å². The van der Waals surface area contributed by atoms with Gasteiger partial charge < -0.3 is 15.4 Å². The predicted molar refractivity (Wildman–Crippen MR) is 101 cm³/mol. The Morgan fingerprint density at radius 2 is 1.73 bits per heavy atom. The Morgan fingerprint density at radius 3 is 2.46 bits per heavy atom. The number of amides is 1. The van der Waals surface area contributed by atoms with Crippen molar-refractivity contribution in [3.05, 3.63) is 66.0 Å². The minimum absolute atomic E-state index is 0.0924. The van der Waals surface area contributed by atoms with Crippen LogP contribution in [0.25, 0.3) is 21.9 Å². The summed E-state index contributed by atoms with van der Waals surface area (Å²) < 4.78 is 20.7. The maximum absolute atomic E-state index is 15.3. The van der Waals surface area contributed by atoms with Crippen LogP contribution in [0.2, 0.25) is 0 Å². The van der Waals surface area contributed by atoms with Gasteiger partial charge in [0, 0.05) is 24.3 Å². The van der Waals surface area contributed by atoms with E-state index in [-0.39, 0.29) is 5.56 Å². The molecular formula is C21H19FN2O2. The summed E-state index contributed by atoms with van der Waals surface area (Å²) in [7, 11) is 0. The van der Waals surface area contributed by atoms with Crippen LogP contribution in [0.1, 0.15) is 10.4 Å². The Balaban J connectivity index is 1.93. The van der Waals surface area contributed by atoms with E-state index in [1.807, 2.05) is 42.5 Å². The average Bonchev–Trinajstić information content (AvgIpc) is 2.67. The van der Waals surface area contributed by atoms with Gasteiger partial charge in [-0.15, -0.1) is 0 Å². The third kappa shape index (κ3) is 2.91. The molecule has 1 aliphatic heterocycles. The zero-order valence-corrected chi connectivity index (χ0v) is 14.2. The van der Waals surface area contributed by atoms with Crippen molar-refractivity contribution in [2.45, 2.75) is 0 Å². The van der Waals surface area contributed by atoms with E-state index in [4.69, 9.17) is 10.5 Å². The standard InChI is InChI=1S/C21H19FN2O2/c22-20-17(21(23)25)7-8-18(24-9-11-26-12-10-24)19(20)16-6-5-14-3-1-2-4-15(14)13-16/h1-8,13H,9-12H2,(H2,23,25). The molecule has 1 fully saturated rings. The predicted octanol–water partition coefficient (Wildman–Crippen LogP) is 3.58. The number of anilines is 1. The summed E-state index contributed by atoms with van der Waals surface area (Å²) in [6, 6.07) is 17.0. The first-order valence-corrected chi connectivity index (χ1v) is 8.59. The molecule has 3 aromatic carbocycles. The molecule has 0 aromatic heterocycles. The Labute approximate surface area is 151 Å². The van der Waals surface area contributed by atoms with E-state index in [1.165, 1.54) is 6.07 Å². The average molecular weight is 350 g/mol. The Bertz CT molecular complexity index is 981. The van der Waals surface area contributed by atoms with Crippen molar-refractivity contribution in [2.24, 2.45) is 5.73 Å². The molecule has 2 N–H and O–H groups in total. The number of carbonyl (C=O) groups excluding carboxylic acids is 1. The van der Waals surface area contributed by atoms with Crippen molar-refractivity contribution in [1.82, 2.24) is 0 Å². The summed E-state index contributed by atoms with van der Waals surface area (Å²) in [5.74, 6) is -1.34. The summed E-state index contributed by atoms with van der Waals surface area (Å²) in [6.45, 7) is 2.54. The van der Waals surface area contributed by atoms with E-state index in [2.05, 4.69) is 4.90 Å². The van der Waals surface area contributed by atoms with Crippen LogP contribution < -0.4 is 10.6 Å². The number of fused-ring (bicyclic) bond motifs is 1. The van der Waals surface area contributed by atoms with Gasteiger partial charge in [-0.3, -0.25) is 4.79 Å². The minimum Gasteiger partial charge on any atom is -0.378 e. The molecule has 0 saturated carbocycles. The summed E-state index contributed by atoms with van der Waals surface area (Å²) >= 11 is 0. The molecule has 0 spiro atoms. The molecule has 0 atom stereocenters. The smallest absolute Gasteiger partial charge is 0.251 e. The number of nitrogens with zero attached hydrogens (tertiary/aromatic N) is 1. The van der Waals surface area contributed by atoms with Crippen molar-refractivity contribution in [2.75, 3.05) is 31.2 Å². The van der Waals surface area contributed by atoms with E-state index >= 15 is 4.39 Å². The quantitative estimate of drug-likeness (QED) is 0.785. The Hall–Kier alpha value is -2.92. The highest BCUT2D eigenvalue weighted by Gasteiger charge is 2.22. The van der Waals surface area contributed by atoms with Crippen LogP contribution >= 0.6 is 0 Å². The molecule has 0 radical (unpaired) electrons. The molecule has 1 saturated heterocycles. The van der Waals surface area contributed by atoms with Crippen molar-refractivity contribution in [3.8, 4) is 11.1 Å². The number of hydrogen-bond donors (Lipinski definition) is 1. The summed E-state index contributed by atoms with van der Waals surface area (Å²) in [5.41, 5.74) is 7.17. The van der Waals surface area contributed by atoms with Crippen LogP contribution in [-0.2, 0) is 4.74 Å². The van der Waals surface area contributed by atoms with Crippen LogP contribution in [-0.4, -0.2) is 32.2 Å². The van der Waals surface area contributed by atoms with Crippen molar-refractivity contribution >= 4 is 22.4 Å². The highest BCUT2D eigenvalue weighted by Crippen LogP contribution is 2.36. The van der Waals surface area contributed by atoms with E-state index in [1.54, 1.807) is 6.07 Å². The van der Waals surface area contributed by atoms with Gasteiger partial charge in [0.1, 0.15) is 5.82 Å². The van der Waals surface area contributed by atoms with Crippen LogP contribution in [0.5, 0.6) is 0 Å². The van der Waals surface area contributed by atoms with E-state index < -0.39 is 11.7 Å². The third-order valence-corrected chi connectivity index (χ3v) is 4.78. The van der Waals surface area contributed by atoms with E-state index in [9.17, 15) is 4.79 Å². The van der Waals surface area contributed by atoms with Crippen LogP contribution in [0.4, 0.5) is 10.1 Å². The molecule has 1 aliphatic rings. The number of hydrogen-bond acceptors (Lipinski definition) is 3. The number of morpholine rings is 1. The fourth-order valence-electron chi connectivity index (χ4n) is 3.44. The minimum atomic E-state index is -0.766. The summed E-state index contributed by atoms with van der Waals surface area (Å²) in [6.07, 6.45) is 0. The first-order valence-electron chi connectivity index (χ1n) is 8.59. The van der Waals surface area contributed by atoms with Gasteiger partial charge in [-0.05, 0) is 34.5 Å². The molecule has 132 valence electrons. The molecule has 4 nitrogen and oxygen atoms in total.